The van der Waals surface area contributed by atoms with Crippen molar-refractivity contribution in [3.63, 3.8) is 0 Å². The third-order valence-electron chi connectivity index (χ3n) is 6.37. The molecule has 0 aliphatic carbocycles. The molecule has 0 saturated carbocycles. The molecule has 0 aromatic heterocycles. The molecule has 0 aliphatic rings. The molecule has 0 N–H and O–H groups in total. The first kappa shape index (κ1) is 42.8. The van der Waals surface area contributed by atoms with Gasteiger partial charge in [0, 0.05) is 0 Å². The second-order valence-corrected chi connectivity index (χ2v) is 11.3. The summed E-state index contributed by atoms with van der Waals surface area (Å²) in [6, 6.07) is 0. The predicted molar refractivity (Wildman–Crippen MR) is 125 cm³/mol. The van der Waals surface area contributed by atoms with Gasteiger partial charge >= 0.3 is 65.6 Å². The molecule has 0 radical (unpaired) electrons. The zero-order valence-corrected chi connectivity index (χ0v) is 26.0. The van der Waals surface area contributed by atoms with Crippen molar-refractivity contribution in [3.05, 3.63) is 0 Å². The number of unbranched alkanes of at least 4 members (excludes halogenated alkanes) is 13. The molecule has 0 heterocycles. The maximum Gasteiger partial charge on any atom is 1.00 e. The number of alkyl halides is 10. The smallest absolute Gasteiger partial charge is 0.747 e. The van der Waals surface area contributed by atoms with E-state index in [1.165, 1.54) is 32.1 Å². The van der Waals surface area contributed by atoms with Crippen LogP contribution in [0.15, 0.2) is 0 Å². The Labute approximate surface area is 256 Å². The SMILES string of the molecule is CCCCCCCCCCCCCCCCC(C(=O)OCC(F)(F)C(F)(F)C(F)(F)C(F)(F)C(F)F)S(=O)(=O)[O-].[Na+]. The summed E-state index contributed by atoms with van der Waals surface area (Å²) in [7, 11) is -5.57. The van der Waals surface area contributed by atoms with Crippen molar-refractivity contribution in [1.82, 2.24) is 0 Å². The maximum absolute atomic E-state index is 13.7. The Morgan fingerprint density at radius 2 is 1.07 bits per heavy atom. The number of carbonyl (C=O) groups excluding carboxylic acids is 1. The molecule has 0 fully saturated rings. The summed E-state index contributed by atoms with van der Waals surface area (Å²) in [5.41, 5.74) is 0. The van der Waals surface area contributed by atoms with E-state index >= 15 is 0 Å². The van der Waals surface area contributed by atoms with Gasteiger partial charge in [-0.2, -0.15) is 35.1 Å². The number of ether oxygens (including phenoxy) is 1. The van der Waals surface area contributed by atoms with Gasteiger partial charge in [-0.1, -0.05) is 96.8 Å². The van der Waals surface area contributed by atoms with E-state index in [0.29, 0.717) is 12.8 Å². The van der Waals surface area contributed by atoms with Crippen LogP contribution in [0.1, 0.15) is 103 Å². The average molecular weight is 651 g/mol. The summed E-state index contributed by atoms with van der Waals surface area (Å²) in [5.74, 6) is -30.0. The zero-order valence-electron chi connectivity index (χ0n) is 23.2. The van der Waals surface area contributed by atoms with Crippen molar-refractivity contribution in [1.29, 1.82) is 0 Å². The van der Waals surface area contributed by atoms with Crippen molar-refractivity contribution >= 4 is 16.1 Å². The Bertz CT molecular complexity index is 845. The number of carbonyl (C=O) groups is 1. The van der Waals surface area contributed by atoms with Crippen molar-refractivity contribution in [2.75, 3.05) is 6.61 Å². The second-order valence-electron chi connectivity index (χ2n) is 9.75. The van der Waals surface area contributed by atoms with Gasteiger partial charge < -0.3 is 9.29 Å². The van der Waals surface area contributed by atoms with Crippen LogP contribution in [0.5, 0.6) is 0 Å². The Kier molecular flexibility index (Phi) is 20.0. The van der Waals surface area contributed by atoms with Gasteiger partial charge in [0.25, 0.3) is 0 Å². The van der Waals surface area contributed by atoms with E-state index in [1.807, 2.05) is 0 Å². The molecule has 0 bridgehead atoms. The summed E-state index contributed by atoms with van der Waals surface area (Å²) < 4.78 is 169. The van der Waals surface area contributed by atoms with Gasteiger partial charge in [0.15, 0.2) is 6.61 Å². The van der Waals surface area contributed by atoms with Crippen LogP contribution in [0, 0.1) is 0 Å². The van der Waals surface area contributed by atoms with Crippen molar-refractivity contribution in [2.24, 2.45) is 0 Å². The van der Waals surface area contributed by atoms with E-state index in [9.17, 15) is 61.7 Å². The van der Waals surface area contributed by atoms with E-state index < -0.39 is 64.5 Å². The molecule has 1 atom stereocenters. The Hall–Kier alpha value is -0.320. The van der Waals surface area contributed by atoms with Crippen LogP contribution in [-0.4, -0.2) is 60.9 Å². The van der Waals surface area contributed by atoms with Gasteiger partial charge in [-0.05, 0) is 6.42 Å². The first-order valence-electron chi connectivity index (χ1n) is 13.2. The van der Waals surface area contributed by atoms with Gasteiger partial charge in [0.05, 0.1) is 0 Å². The third kappa shape index (κ3) is 13.5. The van der Waals surface area contributed by atoms with Gasteiger partial charge in [0.2, 0.25) is 0 Å². The largest absolute Gasteiger partial charge is 1.00 e. The maximum atomic E-state index is 13.7. The summed E-state index contributed by atoms with van der Waals surface area (Å²) >= 11 is 0. The number of hydrogen-bond acceptors (Lipinski definition) is 5. The molecule has 1 unspecified atom stereocenters. The van der Waals surface area contributed by atoms with Crippen LogP contribution in [0.3, 0.4) is 0 Å². The minimum absolute atomic E-state index is 0. The molecular formula is C24H37F10NaO5S. The van der Waals surface area contributed by atoms with Crippen LogP contribution < -0.4 is 29.6 Å². The quantitative estimate of drug-likeness (QED) is 0.0504. The minimum Gasteiger partial charge on any atom is -0.747 e. The van der Waals surface area contributed by atoms with Crippen LogP contribution >= 0.6 is 0 Å². The van der Waals surface area contributed by atoms with Crippen LogP contribution in [0.25, 0.3) is 0 Å². The molecule has 0 spiro atoms. The predicted octanol–water partition coefficient (Wildman–Crippen LogP) is 5.13. The summed E-state index contributed by atoms with van der Waals surface area (Å²) in [6.45, 7) is -0.929. The van der Waals surface area contributed by atoms with Crippen molar-refractivity contribution in [2.45, 2.75) is 139 Å². The number of rotatable bonds is 23. The van der Waals surface area contributed by atoms with Crippen molar-refractivity contribution < 1.29 is 96.0 Å². The van der Waals surface area contributed by atoms with E-state index in [2.05, 4.69) is 11.7 Å². The summed E-state index contributed by atoms with van der Waals surface area (Å²) in [5, 5.41) is -2.66. The normalized spacial score (nSPS) is 14.2. The molecular weight excluding hydrogens is 613 g/mol. The Morgan fingerprint density at radius 1 is 0.707 bits per heavy atom. The minimum atomic E-state index is -7.29. The Balaban J connectivity index is 0. The van der Waals surface area contributed by atoms with Crippen LogP contribution in [-0.2, 0) is 19.6 Å². The first-order chi connectivity index (χ1) is 18.3. The Morgan fingerprint density at radius 3 is 1.41 bits per heavy atom. The van der Waals surface area contributed by atoms with Crippen LogP contribution in [0.2, 0.25) is 0 Å². The second kappa shape index (κ2) is 19.1. The van der Waals surface area contributed by atoms with Crippen LogP contribution in [0.4, 0.5) is 43.9 Å². The average Bonchev–Trinajstić information content (AvgIpc) is 2.83. The molecule has 0 saturated heterocycles. The standard InChI is InChI=1S/C24H38F10O5S.Na/c1-2-3-4-5-6-7-8-9-10-11-12-13-14-15-16-18(40(36,37)38)19(35)39-17-21(27,28)23(31,32)24(33,34)22(29,30)20(25)26;/h18,20H,2-17H2,1H3,(H,36,37,38);/q;+1/p-1. The molecule has 0 aromatic carbocycles. The molecule has 0 rings (SSSR count). The molecule has 0 aliphatic heterocycles. The molecule has 17 heteroatoms. The first-order valence-corrected chi connectivity index (χ1v) is 14.6. The zero-order chi connectivity index (χ0) is 31.3. The summed E-state index contributed by atoms with van der Waals surface area (Å²) in [6.07, 6.45) is 6.51. The van der Waals surface area contributed by atoms with E-state index in [1.54, 1.807) is 0 Å². The van der Waals surface area contributed by atoms with E-state index in [0.717, 1.165) is 38.5 Å². The third-order valence-corrected chi connectivity index (χ3v) is 7.50. The molecule has 240 valence electrons. The fourth-order valence-electron chi connectivity index (χ4n) is 3.83. The molecule has 0 amide bonds. The fraction of sp³-hybridized carbons (Fsp3) is 0.958. The van der Waals surface area contributed by atoms with Gasteiger partial charge in [-0.15, -0.1) is 0 Å². The van der Waals surface area contributed by atoms with Gasteiger partial charge in [0.1, 0.15) is 15.4 Å². The number of hydrogen-bond donors (Lipinski definition) is 0. The van der Waals surface area contributed by atoms with E-state index in [-0.39, 0.29) is 36.0 Å². The van der Waals surface area contributed by atoms with Gasteiger partial charge in [-0.3, -0.25) is 4.79 Å². The number of esters is 1. The number of halogens is 10. The van der Waals surface area contributed by atoms with Crippen molar-refractivity contribution in [3.8, 4) is 0 Å². The summed E-state index contributed by atoms with van der Waals surface area (Å²) in [4.78, 5) is 11.8. The molecule has 41 heavy (non-hydrogen) atoms. The van der Waals surface area contributed by atoms with E-state index in [4.69, 9.17) is 0 Å². The molecule has 5 nitrogen and oxygen atoms in total. The molecule has 0 aromatic rings. The topological polar surface area (TPSA) is 83.5 Å². The fourth-order valence-corrected chi connectivity index (χ4v) is 4.58. The monoisotopic (exact) mass is 650 g/mol. The van der Waals surface area contributed by atoms with Gasteiger partial charge in [-0.25, -0.2) is 17.2 Å².